The van der Waals surface area contributed by atoms with E-state index in [0.717, 1.165) is 25.7 Å². The fourth-order valence-corrected chi connectivity index (χ4v) is 3.53. The number of amides is 1. The first-order valence-corrected chi connectivity index (χ1v) is 9.59. The summed E-state index contributed by atoms with van der Waals surface area (Å²) in [4.78, 5) is 39.4. The van der Waals surface area contributed by atoms with E-state index in [1.54, 1.807) is 26.2 Å². The fraction of sp³-hybridized carbons (Fsp3) is 0.450. The maximum atomic E-state index is 12.9. The molecule has 0 aliphatic heterocycles. The summed E-state index contributed by atoms with van der Waals surface area (Å²) in [7, 11) is 6.20. The van der Waals surface area contributed by atoms with Crippen molar-refractivity contribution in [3.63, 3.8) is 0 Å². The van der Waals surface area contributed by atoms with Crippen LogP contribution < -0.4 is 21.8 Å². The third kappa shape index (κ3) is 3.85. The predicted molar refractivity (Wildman–Crippen MR) is 112 cm³/mol. The molecule has 0 unspecified atom stereocenters. The Morgan fingerprint density at radius 1 is 1.07 bits per heavy atom. The van der Waals surface area contributed by atoms with Crippen molar-refractivity contribution in [2.75, 3.05) is 24.7 Å². The average Bonchev–Trinajstić information content (AvgIpc) is 3.21. The highest BCUT2D eigenvalue weighted by atomic mass is 16.3. The Hall–Kier alpha value is -3.23. The molecule has 1 aliphatic rings. The lowest BCUT2D eigenvalue weighted by molar-refractivity contribution is 0.0824. The van der Waals surface area contributed by atoms with E-state index >= 15 is 0 Å². The zero-order chi connectivity index (χ0) is 21.3. The molecule has 1 fully saturated rings. The van der Waals surface area contributed by atoms with Crippen molar-refractivity contribution in [1.29, 1.82) is 0 Å². The van der Waals surface area contributed by atoms with E-state index in [9.17, 15) is 19.5 Å². The van der Waals surface area contributed by atoms with Crippen molar-refractivity contribution >= 4 is 23.0 Å². The van der Waals surface area contributed by atoms with Crippen molar-refractivity contribution in [1.82, 2.24) is 14.3 Å². The van der Waals surface area contributed by atoms with Gasteiger partial charge in [0.2, 0.25) is 0 Å². The molecule has 0 bridgehead atoms. The molecule has 0 radical (unpaired) electrons. The van der Waals surface area contributed by atoms with E-state index in [1.165, 1.54) is 34.4 Å². The van der Waals surface area contributed by atoms with Gasteiger partial charge in [0.1, 0.15) is 11.4 Å². The number of hydrogen-bond acceptors (Lipinski definition) is 6. The van der Waals surface area contributed by atoms with Crippen LogP contribution in [0.3, 0.4) is 0 Å². The summed E-state index contributed by atoms with van der Waals surface area (Å²) < 4.78 is 2.45. The van der Waals surface area contributed by atoms with Gasteiger partial charge < -0.3 is 20.6 Å². The number of rotatable bonds is 5. The topological polar surface area (TPSA) is 109 Å². The van der Waals surface area contributed by atoms with Crippen molar-refractivity contribution in [2.45, 2.75) is 31.7 Å². The molecular weight excluding hydrogens is 374 g/mol. The van der Waals surface area contributed by atoms with Gasteiger partial charge in [-0.3, -0.25) is 14.4 Å². The van der Waals surface area contributed by atoms with E-state index in [-0.39, 0.29) is 45.9 Å². The Morgan fingerprint density at radius 3 is 2.24 bits per heavy atom. The minimum atomic E-state index is -0.420. The number of para-hydroxylation sites is 1. The standard InChI is InChI=1S/C20H27N5O4/c1-23(2)18(27)13-10-7-11-14(17(13)26)22-16-15(21-12-8-5-6-9-12)19(28)24(3)25(4)20(16)29/h7,10-12,21-22,26H,5-6,8-9H2,1-4H3. The van der Waals surface area contributed by atoms with Gasteiger partial charge in [0, 0.05) is 34.2 Å². The summed E-state index contributed by atoms with van der Waals surface area (Å²) in [5.41, 5.74) is -0.264. The third-order valence-corrected chi connectivity index (χ3v) is 5.35. The number of carbonyl (C=O) groups excluding carboxylic acids is 1. The average molecular weight is 401 g/mol. The first-order chi connectivity index (χ1) is 13.7. The van der Waals surface area contributed by atoms with Gasteiger partial charge >= 0.3 is 0 Å². The minimum Gasteiger partial charge on any atom is -0.505 e. The number of phenolic OH excluding ortho intramolecular Hbond substituents is 1. The van der Waals surface area contributed by atoms with E-state index in [4.69, 9.17) is 0 Å². The lowest BCUT2D eigenvalue weighted by atomic mass is 10.1. The number of aromatic hydroxyl groups is 1. The summed E-state index contributed by atoms with van der Waals surface area (Å²) in [6, 6.07) is 4.78. The van der Waals surface area contributed by atoms with Crippen LogP contribution in [0.5, 0.6) is 5.75 Å². The Kier molecular flexibility index (Phi) is 5.67. The lowest BCUT2D eigenvalue weighted by Gasteiger charge is -2.20. The van der Waals surface area contributed by atoms with E-state index in [0.29, 0.717) is 0 Å². The number of phenols is 1. The normalized spacial score (nSPS) is 14.1. The highest BCUT2D eigenvalue weighted by molar-refractivity contribution is 5.98. The number of benzene rings is 1. The van der Waals surface area contributed by atoms with Crippen LogP contribution in [0.15, 0.2) is 27.8 Å². The molecule has 1 aromatic carbocycles. The third-order valence-electron chi connectivity index (χ3n) is 5.35. The molecule has 1 amide bonds. The molecule has 3 rings (SSSR count). The highest BCUT2D eigenvalue weighted by Gasteiger charge is 2.23. The van der Waals surface area contributed by atoms with E-state index in [2.05, 4.69) is 10.6 Å². The number of nitrogens with zero attached hydrogens (tertiary/aromatic N) is 3. The first-order valence-electron chi connectivity index (χ1n) is 9.59. The van der Waals surface area contributed by atoms with Crippen LogP contribution in [-0.4, -0.2) is 45.4 Å². The molecule has 156 valence electrons. The lowest BCUT2D eigenvalue weighted by Crippen LogP contribution is -2.39. The van der Waals surface area contributed by atoms with Gasteiger partial charge in [-0.2, -0.15) is 0 Å². The molecule has 0 spiro atoms. The molecule has 1 heterocycles. The van der Waals surface area contributed by atoms with Gasteiger partial charge in [0.25, 0.3) is 17.0 Å². The van der Waals surface area contributed by atoms with Gasteiger partial charge in [-0.1, -0.05) is 18.9 Å². The zero-order valence-electron chi connectivity index (χ0n) is 17.2. The Morgan fingerprint density at radius 2 is 1.66 bits per heavy atom. The zero-order valence-corrected chi connectivity index (χ0v) is 17.2. The van der Waals surface area contributed by atoms with Gasteiger partial charge in [-0.05, 0) is 25.0 Å². The smallest absolute Gasteiger partial charge is 0.290 e. The second kappa shape index (κ2) is 8.02. The monoisotopic (exact) mass is 401 g/mol. The van der Waals surface area contributed by atoms with Crippen molar-refractivity contribution in [3.05, 3.63) is 44.5 Å². The van der Waals surface area contributed by atoms with E-state index < -0.39 is 5.56 Å². The molecule has 9 heteroatoms. The minimum absolute atomic E-state index is 0.0484. The van der Waals surface area contributed by atoms with Gasteiger partial charge in [-0.15, -0.1) is 0 Å². The van der Waals surface area contributed by atoms with Gasteiger partial charge in [0.05, 0.1) is 11.3 Å². The van der Waals surface area contributed by atoms with Crippen molar-refractivity contribution in [2.24, 2.45) is 14.1 Å². The Balaban J connectivity index is 2.09. The number of nitrogens with one attached hydrogen (secondary N) is 2. The van der Waals surface area contributed by atoms with Crippen LogP contribution in [0.1, 0.15) is 36.0 Å². The molecular formula is C20H27N5O4. The molecule has 1 aliphatic carbocycles. The first kappa shape index (κ1) is 20.5. The van der Waals surface area contributed by atoms with Gasteiger partial charge in [-0.25, -0.2) is 9.36 Å². The summed E-state index contributed by atoms with van der Waals surface area (Å²) in [6.45, 7) is 0. The summed E-state index contributed by atoms with van der Waals surface area (Å²) in [5.74, 6) is -0.645. The summed E-state index contributed by atoms with van der Waals surface area (Å²) >= 11 is 0. The van der Waals surface area contributed by atoms with E-state index in [1.807, 2.05) is 0 Å². The predicted octanol–water partition coefficient (Wildman–Crippen LogP) is 1.59. The van der Waals surface area contributed by atoms with Crippen molar-refractivity contribution < 1.29 is 9.90 Å². The van der Waals surface area contributed by atoms with Crippen molar-refractivity contribution in [3.8, 4) is 5.75 Å². The summed E-state index contributed by atoms with van der Waals surface area (Å²) in [6.07, 6.45) is 3.99. The highest BCUT2D eigenvalue weighted by Crippen LogP contribution is 2.32. The van der Waals surface area contributed by atoms with Crippen LogP contribution in [0, 0.1) is 0 Å². The second-order valence-electron chi connectivity index (χ2n) is 7.56. The number of anilines is 3. The fourth-order valence-electron chi connectivity index (χ4n) is 3.53. The Labute approximate surface area is 168 Å². The SMILES string of the molecule is CN(C)C(=O)c1cccc(Nc2c(NC3CCCC3)c(=O)n(C)n(C)c2=O)c1O. The molecule has 9 nitrogen and oxygen atoms in total. The molecule has 3 N–H and O–H groups in total. The second-order valence-corrected chi connectivity index (χ2v) is 7.56. The van der Waals surface area contributed by atoms with Crippen LogP contribution in [-0.2, 0) is 14.1 Å². The van der Waals surface area contributed by atoms with Crippen LogP contribution in [0.2, 0.25) is 0 Å². The molecule has 29 heavy (non-hydrogen) atoms. The maximum absolute atomic E-state index is 12.9. The number of carbonyl (C=O) groups is 1. The molecule has 2 aromatic rings. The van der Waals surface area contributed by atoms with Crippen LogP contribution >= 0.6 is 0 Å². The Bertz CT molecular complexity index is 1050. The largest absolute Gasteiger partial charge is 0.505 e. The molecule has 0 saturated heterocycles. The van der Waals surface area contributed by atoms with Crippen LogP contribution in [0.4, 0.5) is 17.1 Å². The summed E-state index contributed by atoms with van der Waals surface area (Å²) in [5, 5.41) is 16.7. The maximum Gasteiger partial charge on any atom is 0.290 e. The quantitative estimate of drug-likeness (QED) is 0.657. The molecule has 0 atom stereocenters. The number of hydrogen-bond donors (Lipinski definition) is 3. The van der Waals surface area contributed by atoms with Crippen LogP contribution in [0.25, 0.3) is 0 Å². The molecule has 1 saturated carbocycles. The number of aromatic nitrogens is 2. The van der Waals surface area contributed by atoms with Gasteiger partial charge in [0.15, 0.2) is 5.75 Å². The molecule has 1 aromatic heterocycles.